The Balaban J connectivity index is 3.20. The van der Waals surface area contributed by atoms with Gasteiger partial charge in [-0.2, -0.15) is 0 Å². The molecule has 6 heteroatoms. The van der Waals surface area contributed by atoms with Gasteiger partial charge in [0.1, 0.15) is 13.2 Å². The van der Waals surface area contributed by atoms with Gasteiger partial charge in [0.15, 0.2) is 0 Å². The highest BCUT2D eigenvalue weighted by atomic mass is 16.5. The second kappa shape index (κ2) is 4.71. The largest absolute Gasteiger partial charge is 0.480 e. The van der Waals surface area contributed by atoms with Crippen LogP contribution in [0.25, 0.3) is 0 Å². The number of amides is 1. The zero-order valence-corrected chi connectivity index (χ0v) is 5.03. The average Bonchev–Trinajstić information content (AvgIpc) is 1.87. The molecule has 0 aromatic carbocycles. The standard InChI is InChI=1S/C4H7NO5/c6-3(5-9)1-10-2-4(7)8/h9H,1-2H2,(H,5,6)(H,7,8). The molecule has 0 aliphatic heterocycles. The topological polar surface area (TPSA) is 95.9 Å². The Bertz CT molecular complexity index is 134. The summed E-state index contributed by atoms with van der Waals surface area (Å²) in [5.74, 6) is -1.94. The fourth-order valence-corrected chi connectivity index (χ4v) is 0.263. The Kier molecular flexibility index (Phi) is 4.17. The van der Waals surface area contributed by atoms with E-state index in [-0.39, 0.29) is 0 Å². The van der Waals surface area contributed by atoms with Gasteiger partial charge in [0, 0.05) is 0 Å². The second-order valence-corrected chi connectivity index (χ2v) is 1.42. The van der Waals surface area contributed by atoms with Crippen LogP contribution in [0, 0.1) is 0 Å². The zero-order chi connectivity index (χ0) is 7.98. The summed E-state index contributed by atoms with van der Waals surface area (Å²) in [6.45, 7) is -1.00. The van der Waals surface area contributed by atoms with Crippen molar-refractivity contribution in [2.45, 2.75) is 0 Å². The first-order valence-electron chi connectivity index (χ1n) is 2.39. The lowest BCUT2D eigenvalue weighted by atomic mass is 10.6. The van der Waals surface area contributed by atoms with Crippen molar-refractivity contribution >= 4 is 11.9 Å². The summed E-state index contributed by atoms with van der Waals surface area (Å²) >= 11 is 0. The van der Waals surface area contributed by atoms with Crippen molar-refractivity contribution in [2.24, 2.45) is 0 Å². The van der Waals surface area contributed by atoms with Crippen LogP contribution in [0.2, 0.25) is 0 Å². The molecule has 0 saturated carbocycles. The highest BCUT2D eigenvalue weighted by molar-refractivity contribution is 5.76. The molecule has 0 saturated heterocycles. The molecule has 0 spiro atoms. The average molecular weight is 149 g/mol. The summed E-state index contributed by atoms with van der Waals surface area (Å²) < 4.78 is 4.28. The van der Waals surface area contributed by atoms with Gasteiger partial charge in [0.05, 0.1) is 0 Å². The van der Waals surface area contributed by atoms with Crippen molar-refractivity contribution in [1.29, 1.82) is 0 Å². The summed E-state index contributed by atoms with van der Waals surface area (Å²) in [7, 11) is 0. The van der Waals surface area contributed by atoms with Crippen LogP contribution in [0.5, 0.6) is 0 Å². The Morgan fingerprint density at radius 2 is 2.00 bits per heavy atom. The lowest BCUT2D eigenvalue weighted by Gasteiger charge is -1.96. The smallest absolute Gasteiger partial charge is 0.329 e. The third-order valence-electron chi connectivity index (χ3n) is 0.583. The summed E-state index contributed by atoms with van der Waals surface area (Å²) in [6, 6.07) is 0. The van der Waals surface area contributed by atoms with Gasteiger partial charge in [-0.1, -0.05) is 0 Å². The molecular formula is C4H7NO5. The van der Waals surface area contributed by atoms with Crippen molar-refractivity contribution in [3.63, 3.8) is 0 Å². The van der Waals surface area contributed by atoms with Crippen LogP contribution >= 0.6 is 0 Å². The van der Waals surface area contributed by atoms with Crippen LogP contribution in [0.15, 0.2) is 0 Å². The number of hydrogen-bond donors (Lipinski definition) is 3. The molecule has 0 radical (unpaired) electrons. The van der Waals surface area contributed by atoms with Gasteiger partial charge >= 0.3 is 5.97 Å². The van der Waals surface area contributed by atoms with Crippen molar-refractivity contribution in [2.75, 3.05) is 13.2 Å². The molecule has 10 heavy (non-hydrogen) atoms. The number of rotatable bonds is 4. The van der Waals surface area contributed by atoms with Crippen LogP contribution < -0.4 is 5.48 Å². The zero-order valence-electron chi connectivity index (χ0n) is 5.03. The minimum absolute atomic E-state index is 0.456. The van der Waals surface area contributed by atoms with Crippen molar-refractivity contribution in [1.82, 2.24) is 5.48 Å². The first kappa shape index (κ1) is 8.86. The third kappa shape index (κ3) is 5.01. The molecule has 0 aromatic heterocycles. The van der Waals surface area contributed by atoms with Crippen molar-refractivity contribution in [3.8, 4) is 0 Å². The predicted octanol–water partition coefficient (Wildman–Crippen LogP) is -1.41. The van der Waals surface area contributed by atoms with Crippen LogP contribution in [-0.4, -0.2) is 35.4 Å². The van der Waals surface area contributed by atoms with E-state index in [1.54, 1.807) is 0 Å². The first-order chi connectivity index (χ1) is 4.66. The maximum absolute atomic E-state index is 10.1. The van der Waals surface area contributed by atoms with Gasteiger partial charge in [-0.25, -0.2) is 10.3 Å². The Morgan fingerprint density at radius 3 is 2.40 bits per heavy atom. The Morgan fingerprint density at radius 1 is 1.40 bits per heavy atom. The monoisotopic (exact) mass is 149 g/mol. The molecule has 6 nitrogen and oxygen atoms in total. The Labute approximate surface area is 56.4 Å². The van der Waals surface area contributed by atoms with Crippen molar-refractivity contribution < 1.29 is 24.6 Å². The van der Waals surface area contributed by atoms with Gasteiger partial charge in [-0.3, -0.25) is 10.0 Å². The molecule has 0 fully saturated rings. The number of hydrogen-bond acceptors (Lipinski definition) is 4. The van der Waals surface area contributed by atoms with Crippen molar-refractivity contribution in [3.05, 3.63) is 0 Å². The normalized spacial score (nSPS) is 8.90. The van der Waals surface area contributed by atoms with E-state index < -0.39 is 25.1 Å². The summed E-state index contributed by atoms with van der Waals surface area (Å²) in [4.78, 5) is 19.9. The Hall–Kier alpha value is -1.14. The predicted molar refractivity (Wildman–Crippen MR) is 28.4 cm³/mol. The van der Waals surface area contributed by atoms with E-state index in [1.165, 1.54) is 5.48 Å². The maximum atomic E-state index is 10.1. The quantitative estimate of drug-likeness (QED) is 0.337. The minimum Gasteiger partial charge on any atom is -0.480 e. The van der Waals surface area contributed by atoms with E-state index in [2.05, 4.69) is 4.74 Å². The summed E-state index contributed by atoms with van der Waals surface area (Å²) in [5, 5.41) is 15.9. The molecule has 0 rings (SSSR count). The van der Waals surface area contributed by atoms with E-state index in [4.69, 9.17) is 10.3 Å². The SMILES string of the molecule is O=C(O)COCC(=O)NO. The molecular weight excluding hydrogens is 142 g/mol. The molecule has 1 amide bonds. The molecule has 0 unspecified atom stereocenters. The van der Waals surface area contributed by atoms with Crippen LogP contribution in [-0.2, 0) is 14.3 Å². The van der Waals surface area contributed by atoms with Gasteiger partial charge in [-0.05, 0) is 0 Å². The van der Waals surface area contributed by atoms with E-state index >= 15 is 0 Å². The minimum atomic E-state index is -1.16. The van der Waals surface area contributed by atoms with Gasteiger partial charge < -0.3 is 9.84 Å². The fourth-order valence-electron chi connectivity index (χ4n) is 0.263. The van der Waals surface area contributed by atoms with Crippen LogP contribution in [0.3, 0.4) is 0 Å². The molecule has 0 aliphatic carbocycles. The third-order valence-corrected chi connectivity index (χ3v) is 0.583. The summed E-state index contributed by atoms with van der Waals surface area (Å²) in [5.41, 5.74) is 1.28. The molecule has 0 bridgehead atoms. The first-order valence-corrected chi connectivity index (χ1v) is 2.39. The van der Waals surface area contributed by atoms with E-state index in [0.717, 1.165) is 0 Å². The molecule has 0 aromatic rings. The van der Waals surface area contributed by atoms with E-state index in [1.807, 2.05) is 0 Å². The molecule has 0 atom stereocenters. The lowest BCUT2D eigenvalue weighted by Crippen LogP contribution is -2.25. The van der Waals surface area contributed by atoms with Crippen LogP contribution in [0.4, 0.5) is 0 Å². The van der Waals surface area contributed by atoms with Gasteiger partial charge in [0.25, 0.3) is 5.91 Å². The van der Waals surface area contributed by atoms with E-state index in [9.17, 15) is 9.59 Å². The molecule has 58 valence electrons. The number of ether oxygens (including phenoxy) is 1. The number of carboxylic acids is 1. The molecule has 3 N–H and O–H groups in total. The van der Waals surface area contributed by atoms with Gasteiger partial charge in [-0.15, -0.1) is 0 Å². The highest BCUT2D eigenvalue weighted by Gasteiger charge is 2.00. The number of aliphatic carboxylic acids is 1. The fraction of sp³-hybridized carbons (Fsp3) is 0.500. The number of carbonyl (C=O) groups excluding carboxylic acids is 1. The van der Waals surface area contributed by atoms with Crippen LogP contribution in [0.1, 0.15) is 0 Å². The summed E-state index contributed by atoms with van der Waals surface area (Å²) in [6.07, 6.45) is 0. The number of carboxylic acid groups (broad SMARTS) is 1. The highest BCUT2D eigenvalue weighted by Crippen LogP contribution is 1.73. The lowest BCUT2D eigenvalue weighted by molar-refractivity contribution is -0.145. The van der Waals surface area contributed by atoms with Gasteiger partial charge in [0.2, 0.25) is 0 Å². The molecule has 0 heterocycles. The number of carbonyl (C=O) groups is 2. The second-order valence-electron chi connectivity index (χ2n) is 1.42. The molecule has 0 aliphatic rings. The van der Waals surface area contributed by atoms with E-state index in [0.29, 0.717) is 0 Å². The number of nitrogens with one attached hydrogen (secondary N) is 1. The maximum Gasteiger partial charge on any atom is 0.329 e. The number of hydroxylamine groups is 1.